The van der Waals surface area contributed by atoms with Gasteiger partial charge in [0.2, 0.25) is 0 Å². The fourth-order valence-electron chi connectivity index (χ4n) is 3.36. The van der Waals surface area contributed by atoms with Crippen molar-refractivity contribution in [1.29, 1.82) is 0 Å². The quantitative estimate of drug-likeness (QED) is 0.173. The summed E-state index contributed by atoms with van der Waals surface area (Å²) in [5.74, 6) is -2.06. The minimum Gasteiger partial charge on any atom is -0.459 e. The van der Waals surface area contributed by atoms with Crippen molar-refractivity contribution in [3.63, 3.8) is 0 Å². The summed E-state index contributed by atoms with van der Waals surface area (Å²) in [4.78, 5) is 12.4. The van der Waals surface area contributed by atoms with Gasteiger partial charge in [-0.25, -0.2) is 9.18 Å². The summed E-state index contributed by atoms with van der Waals surface area (Å²) in [5.41, 5.74) is -1.91. The summed E-state index contributed by atoms with van der Waals surface area (Å²) in [7, 11) is 0. The Morgan fingerprint density at radius 1 is 0.897 bits per heavy atom. The van der Waals surface area contributed by atoms with Crippen molar-refractivity contribution in [2.45, 2.75) is 103 Å². The van der Waals surface area contributed by atoms with E-state index in [-0.39, 0.29) is 0 Å². The van der Waals surface area contributed by atoms with E-state index in [1.165, 1.54) is 25.7 Å². The molecular weight excluding hydrogens is 384 g/mol. The molecule has 0 saturated heterocycles. The molecule has 0 amide bonds. The molecule has 1 atom stereocenters. The third kappa shape index (κ3) is 10.1. The van der Waals surface area contributed by atoms with Crippen LogP contribution in [0.1, 0.15) is 107 Å². The van der Waals surface area contributed by atoms with Crippen LogP contribution < -0.4 is 0 Å². The monoisotopic (exact) mass is 418 g/mol. The molecule has 0 aromatic heterocycles. The van der Waals surface area contributed by atoms with Gasteiger partial charge in [-0.05, 0) is 43.9 Å². The van der Waals surface area contributed by atoms with Gasteiger partial charge in [0.05, 0.1) is 11.1 Å². The molecule has 0 aliphatic rings. The van der Waals surface area contributed by atoms with Crippen molar-refractivity contribution in [2.75, 3.05) is 0 Å². The zero-order chi connectivity index (χ0) is 21.7. The van der Waals surface area contributed by atoms with E-state index >= 15 is 0 Å². The molecule has 0 saturated carbocycles. The van der Waals surface area contributed by atoms with Gasteiger partial charge in [-0.15, -0.1) is 0 Å². The molecule has 1 aromatic carbocycles. The van der Waals surface area contributed by atoms with Crippen LogP contribution in [0.4, 0.5) is 17.6 Å². The van der Waals surface area contributed by atoms with Gasteiger partial charge in [0.15, 0.2) is 0 Å². The second kappa shape index (κ2) is 13.6. The van der Waals surface area contributed by atoms with Crippen LogP contribution in [0.15, 0.2) is 18.2 Å². The van der Waals surface area contributed by atoms with Crippen LogP contribution in [0, 0.1) is 5.82 Å². The summed E-state index contributed by atoms with van der Waals surface area (Å²) >= 11 is 0. The van der Waals surface area contributed by atoms with Crippen LogP contribution in [0.2, 0.25) is 0 Å². The van der Waals surface area contributed by atoms with Crippen molar-refractivity contribution < 1.29 is 27.1 Å². The summed E-state index contributed by atoms with van der Waals surface area (Å²) in [6.07, 6.45) is 6.76. The van der Waals surface area contributed by atoms with Gasteiger partial charge in [0.25, 0.3) is 0 Å². The number of esters is 1. The molecule has 0 heterocycles. The van der Waals surface area contributed by atoms with E-state index in [2.05, 4.69) is 13.8 Å². The number of unbranched alkanes of at least 4 members (excludes halogenated alkanes) is 8. The molecule has 166 valence electrons. The lowest BCUT2D eigenvalue weighted by molar-refractivity contribution is -0.138. The van der Waals surface area contributed by atoms with Crippen LogP contribution in [-0.4, -0.2) is 12.1 Å². The van der Waals surface area contributed by atoms with E-state index in [4.69, 9.17) is 4.74 Å². The fraction of sp³-hybridized carbons (Fsp3) is 0.696. The summed E-state index contributed by atoms with van der Waals surface area (Å²) in [5, 5.41) is 0. The Kier molecular flexibility index (Phi) is 11.9. The molecule has 0 N–H and O–H groups in total. The van der Waals surface area contributed by atoms with Crippen molar-refractivity contribution in [3.05, 3.63) is 35.1 Å². The number of alkyl halides is 3. The molecule has 0 aliphatic heterocycles. The van der Waals surface area contributed by atoms with E-state index in [1.54, 1.807) is 0 Å². The van der Waals surface area contributed by atoms with Gasteiger partial charge < -0.3 is 4.74 Å². The molecule has 29 heavy (non-hydrogen) atoms. The molecule has 0 radical (unpaired) electrons. The van der Waals surface area contributed by atoms with E-state index in [1.807, 2.05) is 0 Å². The van der Waals surface area contributed by atoms with Gasteiger partial charge in [-0.2, -0.15) is 13.2 Å². The highest BCUT2D eigenvalue weighted by Crippen LogP contribution is 2.33. The number of rotatable bonds is 14. The normalized spacial score (nSPS) is 12.8. The number of carbonyl (C=O) groups excluding carboxylic acids is 1. The highest BCUT2D eigenvalue weighted by Gasteiger charge is 2.36. The lowest BCUT2D eigenvalue weighted by atomic mass is 10.0. The molecule has 6 heteroatoms. The molecule has 0 fully saturated rings. The van der Waals surface area contributed by atoms with E-state index in [9.17, 15) is 22.4 Å². The maximum Gasteiger partial charge on any atom is 0.417 e. The molecule has 0 spiro atoms. The predicted octanol–water partition coefficient (Wildman–Crippen LogP) is 8.09. The fourth-order valence-corrected chi connectivity index (χ4v) is 3.36. The smallest absolute Gasteiger partial charge is 0.417 e. The van der Waals surface area contributed by atoms with Gasteiger partial charge in [-0.3, -0.25) is 0 Å². The minimum absolute atomic E-state index is 0.346. The Morgan fingerprint density at radius 3 is 2.00 bits per heavy atom. The molecule has 0 bridgehead atoms. The zero-order valence-corrected chi connectivity index (χ0v) is 17.6. The van der Waals surface area contributed by atoms with Crippen LogP contribution in [-0.2, 0) is 10.9 Å². The number of hydrogen-bond acceptors (Lipinski definition) is 2. The second-order valence-corrected chi connectivity index (χ2v) is 7.62. The van der Waals surface area contributed by atoms with Crippen molar-refractivity contribution in [1.82, 2.24) is 0 Å². The van der Waals surface area contributed by atoms with Crippen molar-refractivity contribution in [3.8, 4) is 0 Å². The minimum atomic E-state index is -4.81. The average Bonchev–Trinajstić information content (AvgIpc) is 2.66. The standard InChI is InChI=1S/C23H34F4O2/c1-3-5-7-8-9-10-12-14-19(13-11-6-4-2)29-22(28)20-16-15-18(24)17-21(20)23(25,26)27/h15-17,19H,3-14H2,1-2H3. The van der Waals surface area contributed by atoms with Gasteiger partial charge in [0, 0.05) is 0 Å². The van der Waals surface area contributed by atoms with Gasteiger partial charge in [-0.1, -0.05) is 65.2 Å². The number of hydrogen-bond donors (Lipinski definition) is 0. The average molecular weight is 419 g/mol. The van der Waals surface area contributed by atoms with Crippen LogP contribution in [0.25, 0.3) is 0 Å². The first kappa shape index (κ1) is 25.4. The first-order chi connectivity index (χ1) is 13.8. The zero-order valence-electron chi connectivity index (χ0n) is 17.6. The predicted molar refractivity (Wildman–Crippen MR) is 107 cm³/mol. The third-order valence-electron chi connectivity index (χ3n) is 5.04. The Balaban J connectivity index is 2.69. The lowest BCUT2D eigenvalue weighted by Gasteiger charge is -2.19. The molecule has 2 nitrogen and oxygen atoms in total. The third-order valence-corrected chi connectivity index (χ3v) is 5.04. The van der Waals surface area contributed by atoms with Gasteiger partial charge in [0.1, 0.15) is 11.9 Å². The second-order valence-electron chi connectivity index (χ2n) is 7.62. The van der Waals surface area contributed by atoms with Crippen molar-refractivity contribution >= 4 is 5.97 Å². The summed E-state index contributed by atoms with van der Waals surface area (Å²) < 4.78 is 58.2. The Labute approximate surface area is 172 Å². The largest absolute Gasteiger partial charge is 0.459 e. The maximum absolute atomic E-state index is 13.3. The molecular formula is C23H34F4O2. The number of ether oxygens (including phenoxy) is 1. The van der Waals surface area contributed by atoms with E-state index < -0.39 is 35.2 Å². The van der Waals surface area contributed by atoms with Crippen LogP contribution in [0.3, 0.4) is 0 Å². The Morgan fingerprint density at radius 2 is 1.41 bits per heavy atom. The topological polar surface area (TPSA) is 26.3 Å². The van der Waals surface area contributed by atoms with E-state index in [0.717, 1.165) is 50.7 Å². The molecule has 1 unspecified atom stereocenters. The maximum atomic E-state index is 13.3. The van der Waals surface area contributed by atoms with Crippen LogP contribution in [0.5, 0.6) is 0 Å². The van der Waals surface area contributed by atoms with Crippen molar-refractivity contribution in [2.24, 2.45) is 0 Å². The molecule has 0 aliphatic carbocycles. The summed E-state index contributed by atoms with van der Waals surface area (Å²) in [6.45, 7) is 4.23. The first-order valence-corrected chi connectivity index (χ1v) is 10.9. The van der Waals surface area contributed by atoms with Gasteiger partial charge >= 0.3 is 12.1 Å². The lowest BCUT2D eigenvalue weighted by Crippen LogP contribution is -2.21. The Bertz CT molecular complexity index is 599. The number of halogens is 4. The Hall–Kier alpha value is -1.59. The SMILES string of the molecule is CCCCCCCCCC(CCCCC)OC(=O)c1ccc(F)cc1C(F)(F)F. The van der Waals surface area contributed by atoms with Crippen LogP contribution >= 0.6 is 0 Å². The molecule has 1 aromatic rings. The highest BCUT2D eigenvalue weighted by atomic mass is 19.4. The first-order valence-electron chi connectivity index (χ1n) is 10.9. The molecule has 1 rings (SSSR count). The highest BCUT2D eigenvalue weighted by molar-refractivity contribution is 5.91. The van der Waals surface area contributed by atoms with E-state index in [0.29, 0.717) is 18.9 Å². The summed E-state index contributed by atoms with van der Waals surface area (Å²) in [6, 6.07) is 2.06. The number of carbonyl (C=O) groups is 1. The number of benzene rings is 1.